The summed E-state index contributed by atoms with van der Waals surface area (Å²) >= 11 is 11.1. The van der Waals surface area contributed by atoms with E-state index >= 15 is 0 Å². The number of hydrogen-bond acceptors (Lipinski definition) is 3. The van der Waals surface area contributed by atoms with Crippen LogP contribution in [-0.2, 0) is 13.2 Å². The minimum absolute atomic E-state index is 0.497. The molecule has 0 saturated heterocycles. The van der Waals surface area contributed by atoms with Crippen LogP contribution in [-0.4, -0.2) is 0 Å². The molecular formula is C16H13BrClNOS. The number of thiophene rings is 1. The maximum atomic E-state index is 5.94. The number of benzene rings is 2. The zero-order valence-electron chi connectivity index (χ0n) is 11.1. The molecule has 0 bridgehead atoms. The summed E-state index contributed by atoms with van der Waals surface area (Å²) in [7, 11) is 0. The lowest BCUT2D eigenvalue weighted by Gasteiger charge is -2.09. The Labute approximate surface area is 140 Å². The van der Waals surface area contributed by atoms with Crippen molar-refractivity contribution in [1.82, 2.24) is 0 Å². The van der Waals surface area contributed by atoms with Gasteiger partial charge in [0.15, 0.2) is 0 Å². The average Bonchev–Trinajstić information content (AvgIpc) is 2.84. The monoisotopic (exact) mass is 381 g/mol. The van der Waals surface area contributed by atoms with Gasteiger partial charge in [0.1, 0.15) is 12.4 Å². The summed E-state index contributed by atoms with van der Waals surface area (Å²) in [6.07, 6.45) is 0. The number of fused-ring (bicyclic) bond motifs is 1. The van der Waals surface area contributed by atoms with E-state index in [1.165, 1.54) is 20.5 Å². The third-order valence-corrected chi connectivity index (χ3v) is 5.32. The van der Waals surface area contributed by atoms with Crippen LogP contribution in [0.4, 0.5) is 0 Å². The lowest BCUT2D eigenvalue weighted by molar-refractivity contribution is 0.305. The lowest BCUT2D eigenvalue weighted by atomic mass is 10.1. The Bertz CT molecular complexity index is 787. The molecule has 0 atom stereocenters. The SMILES string of the molecule is NCc1sc2ccccc2c1COc1ccc(Cl)cc1Br. The summed E-state index contributed by atoms with van der Waals surface area (Å²) in [5, 5.41) is 1.89. The van der Waals surface area contributed by atoms with Gasteiger partial charge in [0.25, 0.3) is 0 Å². The number of ether oxygens (including phenoxy) is 1. The molecule has 0 aliphatic heterocycles. The Morgan fingerprint density at radius 3 is 2.76 bits per heavy atom. The largest absolute Gasteiger partial charge is 0.488 e. The Kier molecular flexibility index (Phi) is 4.50. The first-order valence-corrected chi connectivity index (χ1v) is 8.45. The van der Waals surface area contributed by atoms with Crippen molar-refractivity contribution in [3.05, 3.63) is 62.4 Å². The van der Waals surface area contributed by atoms with Gasteiger partial charge in [-0.1, -0.05) is 29.8 Å². The normalized spacial score (nSPS) is 11.0. The van der Waals surface area contributed by atoms with Crippen LogP contribution in [0.1, 0.15) is 10.4 Å². The first-order valence-electron chi connectivity index (χ1n) is 6.46. The van der Waals surface area contributed by atoms with Crippen LogP contribution < -0.4 is 10.5 Å². The van der Waals surface area contributed by atoms with Crippen LogP contribution >= 0.6 is 38.9 Å². The van der Waals surface area contributed by atoms with Gasteiger partial charge in [0, 0.05) is 26.7 Å². The summed E-state index contributed by atoms with van der Waals surface area (Å²) in [6.45, 7) is 1.02. The zero-order valence-corrected chi connectivity index (χ0v) is 14.3. The number of halogens is 2. The fourth-order valence-corrected chi connectivity index (χ4v) is 4.10. The maximum Gasteiger partial charge on any atom is 0.134 e. The minimum Gasteiger partial charge on any atom is -0.488 e. The second-order valence-electron chi connectivity index (χ2n) is 4.57. The van der Waals surface area contributed by atoms with E-state index in [1.54, 1.807) is 11.3 Å². The van der Waals surface area contributed by atoms with Gasteiger partial charge in [0.2, 0.25) is 0 Å². The van der Waals surface area contributed by atoms with E-state index in [2.05, 4.69) is 28.1 Å². The highest BCUT2D eigenvalue weighted by atomic mass is 79.9. The van der Waals surface area contributed by atoms with Crippen molar-refractivity contribution in [3.8, 4) is 5.75 Å². The molecule has 0 spiro atoms. The van der Waals surface area contributed by atoms with Gasteiger partial charge in [-0.05, 0) is 45.6 Å². The molecular weight excluding hydrogens is 370 g/mol. The number of rotatable bonds is 4. The van der Waals surface area contributed by atoms with Gasteiger partial charge in [-0.3, -0.25) is 0 Å². The van der Waals surface area contributed by atoms with Crippen LogP contribution in [0, 0.1) is 0 Å². The van der Waals surface area contributed by atoms with Crippen molar-refractivity contribution in [2.45, 2.75) is 13.2 Å². The molecule has 2 nitrogen and oxygen atoms in total. The van der Waals surface area contributed by atoms with Gasteiger partial charge in [0.05, 0.1) is 4.47 Å². The van der Waals surface area contributed by atoms with Crippen molar-refractivity contribution in [3.63, 3.8) is 0 Å². The van der Waals surface area contributed by atoms with Crippen LogP contribution in [0.5, 0.6) is 5.75 Å². The molecule has 1 aromatic heterocycles. The molecule has 0 radical (unpaired) electrons. The summed E-state index contributed by atoms with van der Waals surface area (Å²) in [6, 6.07) is 13.8. The molecule has 5 heteroatoms. The molecule has 0 amide bonds. The summed E-state index contributed by atoms with van der Waals surface area (Å²) in [5.41, 5.74) is 7.03. The fraction of sp³-hybridized carbons (Fsp3) is 0.125. The smallest absolute Gasteiger partial charge is 0.134 e. The van der Waals surface area contributed by atoms with E-state index in [4.69, 9.17) is 22.1 Å². The predicted octanol–water partition coefficient (Wildman–Crippen LogP) is 5.35. The molecule has 0 unspecified atom stereocenters. The predicted molar refractivity (Wildman–Crippen MR) is 93.2 cm³/mol. The van der Waals surface area contributed by atoms with E-state index < -0.39 is 0 Å². The van der Waals surface area contributed by atoms with E-state index in [0.717, 1.165) is 10.2 Å². The summed E-state index contributed by atoms with van der Waals surface area (Å²) in [5.74, 6) is 0.776. The fourth-order valence-electron chi connectivity index (χ4n) is 2.21. The van der Waals surface area contributed by atoms with Crippen molar-refractivity contribution in [2.24, 2.45) is 5.73 Å². The topological polar surface area (TPSA) is 35.2 Å². The molecule has 0 aliphatic carbocycles. The van der Waals surface area contributed by atoms with Crippen molar-refractivity contribution < 1.29 is 4.74 Å². The molecule has 2 N–H and O–H groups in total. The third-order valence-electron chi connectivity index (χ3n) is 3.23. The minimum atomic E-state index is 0.497. The second-order valence-corrected chi connectivity index (χ2v) is 7.00. The van der Waals surface area contributed by atoms with Crippen LogP contribution in [0.2, 0.25) is 5.02 Å². The van der Waals surface area contributed by atoms with Gasteiger partial charge in [-0.25, -0.2) is 0 Å². The Morgan fingerprint density at radius 2 is 2.00 bits per heavy atom. The molecule has 0 aliphatic rings. The van der Waals surface area contributed by atoms with E-state index in [9.17, 15) is 0 Å². The quantitative estimate of drug-likeness (QED) is 0.659. The van der Waals surface area contributed by atoms with Crippen molar-refractivity contribution in [2.75, 3.05) is 0 Å². The zero-order chi connectivity index (χ0) is 14.8. The molecule has 1 heterocycles. The highest BCUT2D eigenvalue weighted by molar-refractivity contribution is 9.10. The Balaban J connectivity index is 1.91. The van der Waals surface area contributed by atoms with E-state index in [1.807, 2.05) is 30.3 Å². The lowest BCUT2D eigenvalue weighted by Crippen LogP contribution is -2.02. The highest BCUT2D eigenvalue weighted by Gasteiger charge is 2.12. The maximum absolute atomic E-state index is 5.94. The second kappa shape index (κ2) is 6.36. The van der Waals surface area contributed by atoms with Gasteiger partial charge in [-0.2, -0.15) is 0 Å². The Morgan fingerprint density at radius 1 is 1.19 bits per heavy atom. The number of nitrogens with two attached hydrogens (primary N) is 1. The number of hydrogen-bond donors (Lipinski definition) is 1. The van der Waals surface area contributed by atoms with Gasteiger partial charge >= 0.3 is 0 Å². The third kappa shape index (κ3) is 3.09. The standard InChI is InChI=1S/C16H13BrClNOS/c17-13-7-10(18)5-6-14(13)20-9-12-11-3-1-2-4-15(11)21-16(12)8-19/h1-7H,8-9,19H2. The van der Waals surface area contributed by atoms with Gasteiger partial charge < -0.3 is 10.5 Å². The summed E-state index contributed by atoms with van der Waals surface area (Å²) in [4.78, 5) is 1.17. The van der Waals surface area contributed by atoms with Gasteiger partial charge in [-0.15, -0.1) is 11.3 Å². The molecule has 0 saturated carbocycles. The molecule has 21 heavy (non-hydrogen) atoms. The molecule has 3 rings (SSSR count). The molecule has 108 valence electrons. The molecule has 2 aromatic carbocycles. The average molecular weight is 383 g/mol. The first kappa shape index (κ1) is 14.9. The summed E-state index contributed by atoms with van der Waals surface area (Å²) < 4.78 is 8.03. The highest BCUT2D eigenvalue weighted by Crippen LogP contribution is 2.33. The van der Waals surface area contributed by atoms with Crippen molar-refractivity contribution in [1.29, 1.82) is 0 Å². The van der Waals surface area contributed by atoms with Crippen LogP contribution in [0.25, 0.3) is 10.1 Å². The molecule has 0 fully saturated rings. The van der Waals surface area contributed by atoms with E-state index in [0.29, 0.717) is 18.2 Å². The van der Waals surface area contributed by atoms with Crippen molar-refractivity contribution >= 4 is 49.0 Å². The van der Waals surface area contributed by atoms with E-state index in [-0.39, 0.29) is 0 Å². The van der Waals surface area contributed by atoms with Crippen LogP contribution in [0.3, 0.4) is 0 Å². The first-order chi connectivity index (χ1) is 10.2. The Hall–Kier alpha value is -1.07. The van der Waals surface area contributed by atoms with Crippen LogP contribution in [0.15, 0.2) is 46.9 Å². The molecule has 3 aromatic rings.